The van der Waals surface area contributed by atoms with Gasteiger partial charge in [-0.1, -0.05) is 29.8 Å². The molecule has 1 amide bonds. The molecule has 160 valence electrons. The van der Waals surface area contributed by atoms with Crippen molar-refractivity contribution >= 4 is 22.6 Å². The van der Waals surface area contributed by atoms with E-state index in [0.717, 1.165) is 34.4 Å². The monoisotopic (exact) mass is 415 g/mol. The molecule has 0 unspecified atom stereocenters. The maximum atomic E-state index is 12.3. The number of anilines is 1. The van der Waals surface area contributed by atoms with Crippen molar-refractivity contribution < 1.29 is 9.53 Å². The highest BCUT2D eigenvalue weighted by atomic mass is 16.5. The van der Waals surface area contributed by atoms with Crippen LogP contribution in [0.2, 0.25) is 0 Å². The summed E-state index contributed by atoms with van der Waals surface area (Å²) in [4.78, 5) is 16.8. The molecule has 3 N–H and O–H groups in total. The highest BCUT2D eigenvalue weighted by Crippen LogP contribution is 2.27. The van der Waals surface area contributed by atoms with E-state index in [0.29, 0.717) is 25.2 Å². The molecular weight excluding hydrogens is 386 g/mol. The molecule has 0 aliphatic heterocycles. The average Bonchev–Trinajstić information content (AvgIpc) is 2.79. The summed E-state index contributed by atoms with van der Waals surface area (Å²) in [5.74, 6) is 2.05. The smallest absolute Gasteiger partial charge is 0.220 e. The van der Waals surface area contributed by atoms with E-state index in [-0.39, 0.29) is 5.91 Å². The van der Waals surface area contributed by atoms with Crippen LogP contribution in [0.5, 0.6) is 11.5 Å². The minimum absolute atomic E-state index is 0.0528. The van der Waals surface area contributed by atoms with Crippen LogP contribution in [-0.2, 0) is 11.2 Å². The predicted octanol–water partition coefficient (Wildman–Crippen LogP) is 5.55. The van der Waals surface area contributed by atoms with Crippen LogP contribution in [0.15, 0.2) is 66.2 Å². The molecule has 0 atom stereocenters. The summed E-state index contributed by atoms with van der Waals surface area (Å²) in [5, 5.41) is 3.98. The van der Waals surface area contributed by atoms with Crippen molar-refractivity contribution in [3.63, 3.8) is 0 Å². The normalized spacial score (nSPS) is 13.6. The van der Waals surface area contributed by atoms with Gasteiger partial charge in [0.25, 0.3) is 0 Å². The number of nitrogens with zero attached hydrogens (tertiary/aromatic N) is 1. The number of nitrogen functional groups attached to an aromatic ring is 1. The van der Waals surface area contributed by atoms with E-state index in [1.807, 2.05) is 54.6 Å². The van der Waals surface area contributed by atoms with Gasteiger partial charge in [0.1, 0.15) is 17.3 Å². The van der Waals surface area contributed by atoms with Crippen LogP contribution in [0.4, 0.5) is 5.82 Å². The number of para-hydroxylation sites is 1. The van der Waals surface area contributed by atoms with Crippen LogP contribution in [-0.4, -0.2) is 17.4 Å². The fourth-order valence-electron chi connectivity index (χ4n) is 3.93. The lowest BCUT2D eigenvalue weighted by molar-refractivity contribution is -0.121. The standard InChI is InChI=1S/C26H29N3O2/c27-26-20(11-14-25(30)28-16-15-19-7-3-1-4-8-19)17-21-18-23(12-13-24(21)29-26)31-22-9-5-2-6-10-22/h2,5-7,9-10,12-13,17-18H,1,3-4,8,11,14-16H2,(H2,27,29)(H,28,30). The Balaban J connectivity index is 1.35. The summed E-state index contributed by atoms with van der Waals surface area (Å²) in [6, 6.07) is 17.4. The number of carbonyl (C=O) groups excluding carboxylic acids is 1. The number of ether oxygens (including phenoxy) is 1. The van der Waals surface area contributed by atoms with Crippen molar-refractivity contribution in [2.75, 3.05) is 12.3 Å². The van der Waals surface area contributed by atoms with Crippen LogP contribution < -0.4 is 15.8 Å². The zero-order valence-electron chi connectivity index (χ0n) is 17.8. The Morgan fingerprint density at radius 3 is 2.71 bits per heavy atom. The highest BCUT2D eigenvalue weighted by Gasteiger charge is 2.10. The molecule has 1 aliphatic rings. The number of allylic oxidation sites excluding steroid dienone is 1. The Morgan fingerprint density at radius 2 is 1.90 bits per heavy atom. The quantitative estimate of drug-likeness (QED) is 0.473. The van der Waals surface area contributed by atoms with E-state index in [4.69, 9.17) is 10.5 Å². The maximum absolute atomic E-state index is 12.3. The predicted molar refractivity (Wildman–Crippen MR) is 125 cm³/mol. The third-order valence-corrected chi connectivity index (χ3v) is 5.65. The number of rotatable bonds is 8. The first kappa shape index (κ1) is 20.9. The SMILES string of the molecule is Nc1nc2ccc(Oc3ccccc3)cc2cc1CCC(=O)NCCC1=CCCCC1. The Labute approximate surface area is 183 Å². The van der Waals surface area contributed by atoms with Gasteiger partial charge in [0.05, 0.1) is 5.52 Å². The maximum Gasteiger partial charge on any atom is 0.220 e. The first-order valence-electron chi connectivity index (χ1n) is 11.0. The van der Waals surface area contributed by atoms with Crippen LogP contribution >= 0.6 is 0 Å². The second-order valence-corrected chi connectivity index (χ2v) is 8.01. The van der Waals surface area contributed by atoms with E-state index in [1.165, 1.54) is 31.3 Å². The van der Waals surface area contributed by atoms with Crippen molar-refractivity contribution in [2.45, 2.75) is 44.9 Å². The molecule has 5 heteroatoms. The molecule has 1 aliphatic carbocycles. The highest BCUT2D eigenvalue weighted by molar-refractivity contribution is 5.83. The lowest BCUT2D eigenvalue weighted by Gasteiger charge is -2.13. The molecule has 0 saturated carbocycles. The van der Waals surface area contributed by atoms with Gasteiger partial charge in [0.15, 0.2) is 0 Å². The zero-order chi connectivity index (χ0) is 21.5. The zero-order valence-corrected chi connectivity index (χ0v) is 17.8. The molecule has 2 aromatic carbocycles. The molecule has 0 spiro atoms. The fraction of sp³-hybridized carbons (Fsp3) is 0.308. The average molecular weight is 416 g/mol. The number of aryl methyl sites for hydroxylation is 1. The van der Waals surface area contributed by atoms with Gasteiger partial charge in [-0.15, -0.1) is 0 Å². The first-order valence-corrected chi connectivity index (χ1v) is 11.0. The molecule has 5 nitrogen and oxygen atoms in total. The van der Waals surface area contributed by atoms with Gasteiger partial charge < -0.3 is 15.8 Å². The molecule has 0 bridgehead atoms. The summed E-state index contributed by atoms with van der Waals surface area (Å²) in [6.45, 7) is 0.705. The largest absolute Gasteiger partial charge is 0.457 e. The number of benzene rings is 2. The number of aromatic nitrogens is 1. The van der Waals surface area contributed by atoms with Gasteiger partial charge in [0, 0.05) is 18.4 Å². The summed E-state index contributed by atoms with van der Waals surface area (Å²) < 4.78 is 5.92. The number of nitrogens with one attached hydrogen (secondary N) is 1. The van der Waals surface area contributed by atoms with Crippen molar-refractivity contribution in [3.8, 4) is 11.5 Å². The Kier molecular flexibility index (Phi) is 6.82. The fourth-order valence-corrected chi connectivity index (χ4v) is 3.93. The number of carbonyl (C=O) groups is 1. The summed E-state index contributed by atoms with van der Waals surface area (Å²) >= 11 is 0. The minimum atomic E-state index is 0.0528. The molecule has 0 saturated heterocycles. The van der Waals surface area contributed by atoms with Crippen LogP contribution in [0.1, 0.15) is 44.1 Å². The molecule has 3 aromatic rings. The third-order valence-electron chi connectivity index (χ3n) is 5.65. The van der Waals surface area contributed by atoms with Gasteiger partial charge in [-0.25, -0.2) is 4.98 Å². The Hall–Kier alpha value is -3.34. The Morgan fingerprint density at radius 1 is 1.03 bits per heavy atom. The number of nitrogens with two attached hydrogens (primary N) is 1. The number of hydrogen-bond acceptors (Lipinski definition) is 4. The summed E-state index contributed by atoms with van der Waals surface area (Å²) in [6.07, 6.45) is 9.15. The molecule has 0 radical (unpaired) electrons. The van der Waals surface area contributed by atoms with E-state index >= 15 is 0 Å². The molecular formula is C26H29N3O2. The molecule has 31 heavy (non-hydrogen) atoms. The van der Waals surface area contributed by atoms with Crippen LogP contribution in [0.25, 0.3) is 10.9 Å². The van der Waals surface area contributed by atoms with Gasteiger partial charge >= 0.3 is 0 Å². The minimum Gasteiger partial charge on any atom is -0.457 e. The number of amides is 1. The summed E-state index contributed by atoms with van der Waals surface area (Å²) in [7, 11) is 0. The molecule has 1 heterocycles. The van der Waals surface area contributed by atoms with E-state index in [1.54, 1.807) is 0 Å². The topological polar surface area (TPSA) is 77.2 Å². The van der Waals surface area contributed by atoms with Gasteiger partial charge in [-0.3, -0.25) is 4.79 Å². The number of fused-ring (bicyclic) bond motifs is 1. The lowest BCUT2D eigenvalue weighted by atomic mass is 9.97. The number of pyridine rings is 1. The van der Waals surface area contributed by atoms with Crippen molar-refractivity contribution in [1.82, 2.24) is 10.3 Å². The molecule has 1 aromatic heterocycles. The molecule has 0 fully saturated rings. The number of hydrogen-bond donors (Lipinski definition) is 2. The third kappa shape index (κ3) is 5.85. The van der Waals surface area contributed by atoms with Crippen molar-refractivity contribution in [1.29, 1.82) is 0 Å². The Bertz CT molecular complexity index is 1080. The lowest BCUT2D eigenvalue weighted by Crippen LogP contribution is -2.25. The van der Waals surface area contributed by atoms with E-state index in [2.05, 4.69) is 16.4 Å². The molecule has 4 rings (SSSR count). The van der Waals surface area contributed by atoms with Crippen molar-refractivity contribution in [2.24, 2.45) is 0 Å². The summed E-state index contributed by atoms with van der Waals surface area (Å²) in [5.41, 5.74) is 9.32. The van der Waals surface area contributed by atoms with Gasteiger partial charge in [-0.05, 0) is 80.5 Å². The van der Waals surface area contributed by atoms with Crippen molar-refractivity contribution in [3.05, 3.63) is 71.8 Å². The van der Waals surface area contributed by atoms with Crippen LogP contribution in [0.3, 0.4) is 0 Å². The first-order chi connectivity index (χ1) is 15.2. The van der Waals surface area contributed by atoms with Crippen LogP contribution in [0, 0.1) is 0 Å². The second kappa shape index (κ2) is 10.1. The van der Waals surface area contributed by atoms with E-state index < -0.39 is 0 Å². The second-order valence-electron chi connectivity index (χ2n) is 8.01. The van der Waals surface area contributed by atoms with Gasteiger partial charge in [0.2, 0.25) is 5.91 Å². The van der Waals surface area contributed by atoms with E-state index in [9.17, 15) is 4.79 Å². The van der Waals surface area contributed by atoms with Gasteiger partial charge in [-0.2, -0.15) is 0 Å².